The number of aromatic hydroxyl groups is 1. The summed E-state index contributed by atoms with van der Waals surface area (Å²) in [6, 6.07) is 19.6. The quantitative estimate of drug-likeness (QED) is 0.290. The van der Waals surface area contributed by atoms with Crippen LogP contribution in [0, 0.1) is 20.8 Å². The van der Waals surface area contributed by atoms with E-state index in [1.165, 1.54) is 11.5 Å². The number of rotatable bonds is 9. The Kier molecular flexibility index (Phi) is 7.70. The molecule has 0 saturated carbocycles. The largest absolute Gasteiger partial charge is 0.493 e. The third-order valence-corrected chi connectivity index (χ3v) is 6.73. The van der Waals surface area contributed by atoms with Gasteiger partial charge in [0.25, 0.3) is 0 Å². The SMILES string of the molecule is Cc1cc(OC[C@H](O)CO)cc(C)c1-c1cccc(COc2ccc(-c3cc(O)ns3)cc2)c1C. The van der Waals surface area contributed by atoms with Gasteiger partial charge in [-0.05, 0) is 108 Å². The molecule has 3 N–H and O–H groups in total. The van der Waals surface area contributed by atoms with Crippen LogP contribution in [0.3, 0.4) is 0 Å². The highest BCUT2D eigenvalue weighted by atomic mass is 32.1. The Labute approximate surface area is 209 Å². The molecule has 3 aromatic carbocycles. The van der Waals surface area contributed by atoms with E-state index < -0.39 is 6.10 Å². The van der Waals surface area contributed by atoms with E-state index in [0.29, 0.717) is 12.4 Å². The number of aliphatic hydroxyl groups is 2. The summed E-state index contributed by atoms with van der Waals surface area (Å²) in [7, 11) is 0. The first-order chi connectivity index (χ1) is 16.9. The van der Waals surface area contributed by atoms with E-state index in [1.807, 2.05) is 56.3 Å². The molecular formula is C28H29NO5S. The molecule has 0 aliphatic rings. The van der Waals surface area contributed by atoms with Crippen LogP contribution < -0.4 is 9.47 Å². The van der Waals surface area contributed by atoms with Crippen LogP contribution in [0.25, 0.3) is 21.6 Å². The predicted octanol–water partition coefficient (Wildman–Crippen LogP) is 5.42. The Hall–Kier alpha value is -3.39. The van der Waals surface area contributed by atoms with Crippen molar-refractivity contribution in [2.45, 2.75) is 33.5 Å². The van der Waals surface area contributed by atoms with Crippen molar-refractivity contribution >= 4 is 11.5 Å². The lowest BCUT2D eigenvalue weighted by Crippen LogP contribution is -2.21. The Bertz CT molecular complexity index is 1280. The summed E-state index contributed by atoms with van der Waals surface area (Å²) in [4.78, 5) is 0.907. The number of benzene rings is 3. The molecule has 4 rings (SSSR count). The molecule has 0 saturated heterocycles. The molecule has 0 fully saturated rings. The molecular weight excluding hydrogens is 462 g/mol. The van der Waals surface area contributed by atoms with Crippen molar-refractivity contribution in [2.75, 3.05) is 13.2 Å². The van der Waals surface area contributed by atoms with Crippen LogP contribution in [0.2, 0.25) is 0 Å². The van der Waals surface area contributed by atoms with Crippen molar-refractivity contribution in [1.29, 1.82) is 0 Å². The van der Waals surface area contributed by atoms with Gasteiger partial charge in [-0.1, -0.05) is 18.2 Å². The highest BCUT2D eigenvalue weighted by Gasteiger charge is 2.14. The van der Waals surface area contributed by atoms with Crippen LogP contribution in [0.15, 0.2) is 60.7 Å². The van der Waals surface area contributed by atoms with Crippen molar-refractivity contribution in [3.63, 3.8) is 0 Å². The van der Waals surface area contributed by atoms with Crippen molar-refractivity contribution in [2.24, 2.45) is 0 Å². The number of hydrogen-bond donors (Lipinski definition) is 3. The number of ether oxygens (including phenoxy) is 2. The van der Waals surface area contributed by atoms with E-state index in [0.717, 1.165) is 49.6 Å². The van der Waals surface area contributed by atoms with Crippen LogP contribution in [-0.2, 0) is 6.61 Å². The molecule has 0 aliphatic heterocycles. The Morgan fingerprint density at radius 1 is 0.914 bits per heavy atom. The first-order valence-electron chi connectivity index (χ1n) is 11.4. The fraction of sp³-hybridized carbons (Fsp3) is 0.250. The molecule has 0 radical (unpaired) electrons. The second kappa shape index (κ2) is 10.9. The van der Waals surface area contributed by atoms with Gasteiger partial charge in [0.15, 0.2) is 0 Å². The van der Waals surface area contributed by atoms with Crippen molar-refractivity contribution < 1.29 is 24.8 Å². The summed E-state index contributed by atoms with van der Waals surface area (Å²) in [5.41, 5.74) is 7.68. The predicted molar refractivity (Wildman–Crippen MR) is 138 cm³/mol. The maximum Gasteiger partial charge on any atom is 0.223 e. The monoisotopic (exact) mass is 491 g/mol. The second-order valence-electron chi connectivity index (χ2n) is 8.53. The summed E-state index contributed by atoms with van der Waals surface area (Å²) >= 11 is 1.26. The van der Waals surface area contributed by atoms with Gasteiger partial charge in [0.1, 0.15) is 30.8 Å². The second-order valence-corrected chi connectivity index (χ2v) is 9.34. The van der Waals surface area contributed by atoms with Gasteiger partial charge >= 0.3 is 0 Å². The molecule has 1 aromatic heterocycles. The molecule has 0 amide bonds. The van der Waals surface area contributed by atoms with Crippen molar-refractivity contribution in [3.8, 4) is 38.9 Å². The molecule has 0 bridgehead atoms. The molecule has 1 heterocycles. The van der Waals surface area contributed by atoms with Crippen molar-refractivity contribution in [3.05, 3.63) is 82.9 Å². The van der Waals surface area contributed by atoms with E-state index in [9.17, 15) is 10.2 Å². The Morgan fingerprint density at radius 2 is 1.63 bits per heavy atom. The van der Waals surface area contributed by atoms with Crippen LogP contribution in [0.5, 0.6) is 17.4 Å². The van der Waals surface area contributed by atoms with E-state index in [4.69, 9.17) is 14.6 Å². The number of nitrogens with zero attached hydrogens (tertiary/aromatic N) is 1. The zero-order chi connectivity index (χ0) is 24.9. The van der Waals surface area contributed by atoms with Gasteiger partial charge in [0, 0.05) is 6.07 Å². The molecule has 0 aliphatic carbocycles. The fourth-order valence-corrected chi connectivity index (χ4v) is 4.71. The summed E-state index contributed by atoms with van der Waals surface area (Å²) in [5, 5.41) is 28.0. The van der Waals surface area contributed by atoms with Crippen LogP contribution in [0.4, 0.5) is 0 Å². The lowest BCUT2D eigenvalue weighted by Gasteiger charge is -2.18. The first kappa shape index (κ1) is 24.7. The van der Waals surface area contributed by atoms with Gasteiger partial charge in [-0.3, -0.25) is 0 Å². The third kappa shape index (κ3) is 5.82. The summed E-state index contributed by atoms with van der Waals surface area (Å²) in [5.74, 6) is 1.48. The minimum Gasteiger partial charge on any atom is -0.493 e. The first-order valence-corrected chi connectivity index (χ1v) is 12.1. The van der Waals surface area contributed by atoms with Gasteiger partial charge in [0.05, 0.1) is 11.5 Å². The molecule has 4 aromatic rings. The van der Waals surface area contributed by atoms with E-state index in [2.05, 4.69) is 23.4 Å². The van der Waals surface area contributed by atoms with Crippen LogP contribution in [-0.4, -0.2) is 39.0 Å². The summed E-state index contributed by atoms with van der Waals surface area (Å²) < 4.78 is 15.6. The van der Waals surface area contributed by atoms with Gasteiger partial charge in [-0.2, -0.15) is 4.37 Å². The number of aryl methyl sites for hydroxylation is 2. The average molecular weight is 492 g/mol. The fourth-order valence-electron chi connectivity index (χ4n) is 4.07. The van der Waals surface area contributed by atoms with E-state index in [1.54, 1.807) is 6.07 Å². The molecule has 6 nitrogen and oxygen atoms in total. The van der Waals surface area contributed by atoms with E-state index in [-0.39, 0.29) is 19.1 Å². The third-order valence-electron chi connectivity index (χ3n) is 5.91. The zero-order valence-corrected chi connectivity index (χ0v) is 20.8. The normalized spacial score (nSPS) is 11.9. The molecule has 182 valence electrons. The van der Waals surface area contributed by atoms with Gasteiger partial charge in [-0.25, -0.2) is 0 Å². The standard InChI is InChI=1S/C28H29NO5S/c1-17-11-24(34-16-22(31)14-30)12-18(2)28(17)25-6-4-5-21(19(25)3)15-33-23-9-7-20(8-10-23)26-13-27(32)29-35-26/h4-13,22,30-31H,14-16H2,1-3H3,(H,29,32)/t22-/m1/s1. The molecule has 7 heteroatoms. The van der Waals surface area contributed by atoms with Gasteiger partial charge in [0.2, 0.25) is 5.88 Å². The molecule has 35 heavy (non-hydrogen) atoms. The number of aromatic nitrogens is 1. The summed E-state index contributed by atoms with van der Waals surface area (Å²) in [6.45, 7) is 6.36. The van der Waals surface area contributed by atoms with Crippen molar-refractivity contribution in [1.82, 2.24) is 4.37 Å². The minimum atomic E-state index is -0.897. The highest BCUT2D eigenvalue weighted by molar-refractivity contribution is 7.09. The van der Waals surface area contributed by atoms with Gasteiger partial charge in [-0.15, -0.1) is 0 Å². The zero-order valence-electron chi connectivity index (χ0n) is 20.0. The van der Waals surface area contributed by atoms with Gasteiger partial charge < -0.3 is 24.8 Å². The molecule has 0 unspecified atom stereocenters. The Morgan fingerprint density at radius 3 is 2.26 bits per heavy atom. The molecule has 1 atom stereocenters. The maximum atomic E-state index is 9.56. The minimum absolute atomic E-state index is 0.0359. The van der Waals surface area contributed by atoms with Crippen LogP contribution in [0.1, 0.15) is 22.3 Å². The molecule has 0 spiro atoms. The number of aliphatic hydroxyl groups excluding tert-OH is 2. The smallest absolute Gasteiger partial charge is 0.223 e. The highest BCUT2D eigenvalue weighted by Crippen LogP contribution is 2.35. The lowest BCUT2D eigenvalue weighted by molar-refractivity contribution is 0.0536. The lowest BCUT2D eigenvalue weighted by atomic mass is 9.90. The Balaban J connectivity index is 1.50. The topological polar surface area (TPSA) is 92.0 Å². The summed E-state index contributed by atoms with van der Waals surface area (Å²) in [6.07, 6.45) is -0.897. The maximum absolute atomic E-state index is 9.56. The average Bonchev–Trinajstić information content (AvgIpc) is 3.29. The number of hydrogen-bond acceptors (Lipinski definition) is 7. The van der Waals surface area contributed by atoms with Crippen LogP contribution >= 0.6 is 11.5 Å². The van der Waals surface area contributed by atoms with E-state index >= 15 is 0 Å².